The van der Waals surface area contributed by atoms with E-state index in [0.29, 0.717) is 28.7 Å². The quantitative estimate of drug-likeness (QED) is 0.744. The number of anilines is 2. The fourth-order valence-corrected chi connectivity index (χ4v) is 2.26. The smallest absolute Gasteiger partial charge is 0.224 e. The van der Waals surface area contributed by atoms with Gasteiger partial charge in [-0.15, -0.1) is 0 Å². The summed E-state index contributed by atoms with van der Waals surface area (Å²) in [6.07, 6.45) is 1.69. The second-order valence-corrected chi connectivity index (χ2v) is 4.74. The standard InChI is InChI=1S/C15H13ClN4O2/c1-21-11-7-9-10(8-12(11)22-2)18-15(16)20-14(9)19-13-5-3-4-6-17-13/h3-8H,1-2H3,(H,17,18,19,20). The summed E-state index contributed by atoms with van der Waals surface area (Å²) in [4.78, 5) is 12.7. The molecule has 6 nitrogen and oxygen atoms in total. The maximum Gasteiger partial charge on any atom is 0.224 e. The van der Waals surface area contributed by atoms with E-state index < -0.39 is 0 Å². The van der Waals surface area contributed by atoms with Crippen LogP contribution in [0.15, 0.2) is 36.5 Å². The number of halogens is 1. The first-order valence-electron chi connectivity index (χ1n) is 6.48. The Hall–Kier alpha value is -2.60. The van der Waals surface area contributed by atoms with E-state index in [4.69, 9.17) is 21.1 Å². The predicted molar refractivity (Wildman–Crippen MR) is 85.2 cm³/mol. The Morgan fingerprint density at radius 1 is 1.05 bits per heavy atom. The Bertz CT molecular complexity index is 811. The van der Waals surface area contributed by atoms with Gasteiger partial charge in [-0.3, -0.25) is 0 Å². The SMILES string of the molecule is COc1cc2nc(Cl)nc(Nc3ccccn3)c2cc1OC. The molecule has 0 aliphatic rings. The van der Waals surface area contributed by atoms with E-state index in [0.717, 1.165) is 5.39 Å². The second kappa shape index (κ2) is 6.03. The fourth-order valence-electron chi connectivity index (χ4n) is 2.08. The van der Waals surface area contributed by atoms with E-state index in [2.05, 4.69) is 20.3 Å². The van der Waals surface area contributed by atoms with Gasteiger partial charge in [0.15, 0.2) is 11.5 Å². The minimum Gasteiger partial charge on any atom is -0.493 e. The average Bonchev–Trinajstić information content (AvgIpc) is 2.54. The van der Waals surface area contributed by atoms with Crippen LogP contribution in [0.1, 0.15) is 0 Å². The van der Waals surface area contributed by atoms with E-state index in [9.17, 15) is 0 Å². The highest BCUT2D eigenvalue weighted by Crippen LogP contribution is 2.35. The Balaban J connectivity index is 2.16. The van der Waals surface area contributed by atoms with Crippen LogP contribution in [0.25, 0.3) is 10.9 Å². The minimum atomic E-state index is 0.137. The lowest BCUT2D eigenvalue weighted by Crippen LogP contribution is -2.00. The summed E-state index contributed by atoms with van der Waals surface area (Å²) in [6.45, 7) is 0. The predicted octanol–water partition coefficient (Wildman–Crippen LogP) is 3.44. The van der Waals surface area contributed by atoms with Gasteiger partial charge >= 0.3 is 0 Å². The molecule has 2 heterocycles. The van der Waals surface area contributed by atoms with Crippen molar-refractivity contribution in [2.45, 2.75) is 0 Å². The van der Waals surface area contributed by atoms with Crippen molar-refractivity contribution in [3.8, 4) is 11.5 Å². The van der Waals surface area contributed by atoms with Gasteiger partial charge in [-0.1, -0.05) is 6.07 Å². The molecule has 0 radical (unpaired) electrons. The number of benzene rings is 1. The molecular weight excluding hydrogens is 304 g/mol. The van der Waals surface area contributed by atoms with Crippen molar-refractivity contribution < 1.29 is 9.47 Å². The Morgan fingerprint density at radius 2 is 1.82 bits per heavy atom. The number of aromatic nitrogens is 3. The van der Waals surface area contributed by atoms with Gasteiger partial charge in [-0.05, 0) is 29.8 Å². The first-order chi connectivity index (χ1) is 10.7. The van der Waals surface area contributed by atoms with Crippen molar-refractivity contribution in [1.82, 2.24) is 15.0 Å². The van der Waals surface area contributed by atoms with Crippen LogP contribution in [0.4, 0.5) is 11.6 Å². The minimum absolute atomic E-state index is 0.137. The molecule has 1 aromatic carbocycles. The molecule has 0 aliphatic heterocycles. The molecule has 0 aliphatic carbocycles. The molecule has 0 fully saturated rings. The molecule has 22 heavy (non-hydrogen) atoms. The second-order valence-electron chi connectivity index (χ2n) is 4.41. The highest BCUT2D eigenvalue weighted by atomic mass is 35.5. The normalized spacial score (nSPS) is 10.5. The van der Waals surface area contributed by atoms with Gasteiger partial charge in [0.1, 0.15) is 11.6 Å². The van der Waals surface area contributed by atoms with Gasteiger partial charge < -0.3 is 14.8 Å². The highest BCUT2D eigenvalue weighted by Gasteiger charge is 2.13. The molecule has 0 bridgehead atoms. The molecule has 112 valence electrons. The van der Waals surface area contributed by atoms with Crippen molar-refractivity contribution in [2.75, 3.05) is 19.5 Å². The van der Waals surface area contributed by atoms with Crippen LogP contribution in [0.2, 0.25) is 5.28 Å². The number of nitrogens with one attached hydrogen (secondary N) is 1. The number of hydrogen-bond acceptors (Lipinski definition) is 6. The van der Waals surface area contributed by atoms with Gasteiger partial charge in [0.2, 0.25) is 5.28 Å². The molecule has 0 atom stereocenters. The molecule has 3 rings (SSSR count). The maximum atomic E-state index is 6.00. The van der Waals surface area contributed by atoms with E-state index in [1.807, 2.05) is 18.2 Å². The number of nitrogens with zero attached hydrogens (tertiary/aromatic N) is 3. The lowest BCUT2D eigenvalue weighted by atomic mass is 10.2. The highest BCUT2D eigenvalue weighted by molar-refractivity contribution is 6.28. The van der Waals surface area contributed by atoms with Crippen molar-refractivity contribution in [3.05, 3.63) is 41.8 Å². The molecule has 2 aromatic heterocycles. The fraction of sp³-hybridized carbons (Fsp3) is 0.133. The zero-order valence-corrected chi connectivity index (χ0v) is 12.8. The molecule has 3 aromatic rings. The summed E-state index contributed by atoms with van der Waals surface area (Å²) in [5.74, 6) is 2.38. The molecule has 1 N–H and O–H groups in total. The summed E-state index contributed by atoms with van der Waals surface area (Å²) in [7, 11) is 3.14. The summed E-state index contributed by atoms with van der Waals surface area (Å²) in [6, 6.07) is 9.11. The Kier molecular flexibility index (Phi) is 3.93. The zero-order valence-electron chi connectivity index (χ0n) is 12.0. The van der Waals surface area contributed by atoms with Crippen LogP contribution in [-0.4, -0.2) is 29.2 Å². The maximum absolute atomic E-state index is 6.00. The molecule has 7 heteroatoms. The lowest BCUT2D eigenvalue weighted by Gasteiger charge is -2.12. The molecule has 0 saturated heterocycles. The monoisotopic (exact) mass is 316 g/mol. The number of fused-ring (bicyclic) bond motifs is 1. The Morgan fingerprint density at radius 3 is 2.50 bits per heavy atom. The zero-order chi connectivity index (χ0) is 15.5. The number of rotatable bonds is 4. The van der Waals surface area contributed by atoms with Crippen LogP contribution in [-0.2, 0) is 0 Å². The number of methoxy groups -OCH3 is 2. The van der Waals surface area contributed by atoms with Crippen LogP contribution >= 0.6 is 11.6 Å². The van der Waals surface area contributed by atoms with E-state index >= 15 is 0 Å². The van der Waals surface area contributed by atoms with Crippen molar-refractivity contribution in [3.63, 3.8) is 0 Å². The molecule has 0 saturated carbocycles. The van der Waals surface area contributed by atoms with Crippen LogP contribution in [0.3, 0.4) is 0 Å². The number of ether oxygens (including phenoxy) is 2. The van der Waals surface area contributed by atoms with E-state index in [1.165, 1.54) is 0 Å². The molecule has 0 unspecified atom stereocenters. The van der Waals surface area contributed by atoms with E-state index in [1.54, 1.807) is 32.5 Å². The van der Waals surface area contributed by atoms with E-state index in [-0.39, 0.29) is 5.28 Å². The third kappa shape index (κ3) is 2.73. The average molecular weight is 317 g/mol. The lowest BCUT2D eigenvalue weighted by molar-refractivity contribution is 0.356. The molecule has 0 spiro atoms. The number of pyridine rings is 1. The molecular formula is C15H13ClN4O2. The van der Waals surface area contributed by atoms with Gasteiger partial charge in [-0.2, -0.15) is 4.98 Å². The van der Waals surface area contributed by atoms with Gasteiger partial charge in [0.05, 0.1) is 19.7 Å². The van der Waals surface area contributed by atoms with Crippen LogP contribution in [0.5, 0.6) is 11.5 Å². The summed E-state index contributed by atoms with van der Waals surface area (Å²) >= 11 is 6.00. The van der Waals surface area contributed by atoms with Gasteiger partial charge in [-0.25, -0.2) is 9.97 Å². The van der Waals surface area contributed by atoms with Crippen molar-refractivity contribution in [2.24, 2.45) is 0 Å². The topological polar surface area (TPSA) is 69.2 Å². The van der Waals surface area contributed by atoms with Crippen LogP contribution in [0, 0.1) is 0 Å². The van der Waals surface area contributed by atoms with Crippen molar-refractivity contribution >= 4 is 34.1 Å². The van der Waals surface area contributed by atoms with Crippen molar-refractivity contribution in [1.29, 1.82) is 0 Å². The largest absolute Gasteiger partial charge is 0.493 e. The summed E-state index contributed by atoms with van der Waals surface area (Å²) in [5.41, 5.74) is 0.649. The first-order valence-corrected chi connectivity index (χ1v) is 6.86. The Labute approximate surface area is 132 Å². The van der Waals surface area contributed by atoms with Crippen LogP contribution < -0.4 is 14.8 Å². The summed E-state index contributed by atoms with van der Waals surface area (Å²) < 4.78 is 10.6. The molecule has 0 amide bonds. The third-order valence-corrected chi connectivity index (χ3v) is 3.25. The third-order valence-electron chi connectivity index (χ3n) is 3.09. The first kappa shape index (κ1) is 14.3. The summed E-state index contributed by atoms with van der Waals surface area (Å²) in [5, 5.41) is 4.03. The number of hydrogen-bond donors (Lipinski definition) is 1. The van der Waals surface area contributed by atoms with Gasteiger partial charge in [0, 0.05) is 17.6 Å². The van der Waals surface area contributed by atoms with Gasteiger partial charge in [0.25, 0.3) is 0 Å².